The minimum Gasteiger partial charge on any atom is -0.465 e. The maximum atomic E-state index is 14.6. The van der Waals surface area contributed by atoms with Gasteiger partial charge in [0.05, 0.1) is 12.8 Å². The van der Waals surface area contributed by atoms with E-state index in [2.05, 4.69) is 14.7 Å². The molecule has 1 aromatic heterocycles. The van der Waals surface area contributed by atoms with Crippen molar-refractivity contribution in [2.24, 2.45) is 4.99 Å². The summed E-state index contributed by atoms with van der Waals surface area (Å²) in [5.74, 6) is -1.73. The minimum atomic E-state index is -0.807. The van der Waals surface area contributed by atoms with Crippen LogP contribution in [0.4, 0.5) is 10.2 Å². The van der Waals surface area contributed by atoms with Gasteiger partial charge in [0, 0.05) is 17.3 Å². The van der Waals surface area contributed by atoms with Crippen LogP contribution in [0.3, 0.4) is 0 Å². The molecule has 0 aliphatic carbocycles. The fourth-order valence-electron chi connectivity index (χ4n) is 2.37. The summed E-state index contributed by atoms with van der Waals surface area (Å²) in [5, 5.41) is 0. The van der Waals surface area contributed by atoms with E-state index in [-0.39, 0.29) is 11.4 Å². The summed E-state index contributed by atoms with van der Waals surface area (Å²) < 4.78 is 19.2. The van der Waals surface area contributed by atoms with E-state index in [0.29, 0.717) is 5.71 Å². The molecular formula is C20H15FN2O2. The van der Waals surface area contributed by atoms with E-state index in [4.69, 9.17) is 0 Å². The number of carbonyl (C=O) groups excluding carboxylic acids is 1. The molecule has 0 unspecified atom stereocenters. The fourth-order valence-corrected chi connectivity index (χ4v) is 2.37. The summed E-state index contributed by atoms with van der Waals surface area (Å²) in [6, 6.07) is 20.1. The number of pyridine rings is 1. The molecule has 3 rings (SSSR count). The molecule has 124 valence electrons. The second-order valence-electron chi connectivity index (χ2n) is 5.18. The third-order valence-electron chi connectivity index (χ3n) is 3.59. The van der Waals surface area contributed by atoms with Gasteiger partial charge in [0.1, 0.15) is 5.56 Å². The van der Waals surface area contributed by atoms with Crippen LogP contribution in [0.1, 0.15) is 21.5 Å². The molecule has 0 saturated heterocycles. The number of ether oxygens (including phenoxy) is 1. The molecule has 25 heavy (non-hydrogen) atoms. The van der Waals surface area contributed by atoms with Crippen molar-refractivity contribution in [3.8, 4) is 0 Å². The molecule has 0 aliphatic rings. The zero-order valence-electron chi connectivity index (χ0n) is 13.5. The van der Waals surface area contributed by atoms with E-state index >= 15 is 0 Å². The summed E-state index contributed by atoms with van der Waals surface area (Å²) in [6.07, 6.45) is 1.34. The Balaban J connectivity index is 2.16. The molecule has 3 aromatic rings. The molecule has 0 radical (unpaired) electrons. The number of esters is 1. The van der Waals surface area contributed by atoms with Gasteiger partial charge in [-0.25, -0.2) is 19.2 Å². The number of nitrogens with zero attached hydrogens (tertiary/aromatic N) is 2. The molecule has 2 aromatic carbocycles. The number of benzene rings is 2. The zero-order chi connectivity index (χ0) is 17.6. The van der Waals surface area contributed by atoms with Crippen LogP contribution in [0, 0.1) is 5.82 Å². The first-order valence-electron chi connectivity index (χ1n) is 7.63. The summed E-state index contributed by atoms with van der Waals surface area (Å²) in [4.78, 5) is 20.0. The van der Waals surface area contributed by atoms with Gasteiger partial charge < -0.3 is 4.74 Å². The number of halogens is 1. The Kier molecular flexibility index (Phi) is 4.95. The molecule has 0 N–H and O–H groups in total. The molecule has 0 fully saturated rings. The van der Waals surface area contributed by atoms with Gasteiger partial charge in [0.15, 0.2) is 11.6 Å². The molecular weight excluding hydrogens is 319 g/mol. The fraction of sp³-hybridized carbons (Fsp3) is 0.0500. The maximum absolute atomic E-state index is 14.6. The highest BCUT2D eigenvalue weighted by Crippen LogP contribution is 2.22. The Labute approximate surface area is 144 Å². The number of carbonyl (C=O) groups is 1. The SMILES string of the molecule is COC(=O)c1ccnc(N=C(c2ccccc2)c2ccccc2)c1F. The summed E-state index contributed by atoms with van der Waals surface area (Å²) >= 11 is 0. The lowest BCUT2D eigenvalue weighted by Crippen LogP contribution is -2.07. The van der Waals surface area contributed by atoms with E-state index < -0.39 is 11.8 Å². The summed E-state index contributed by atoms with van der Waals surface area (Å²) in [6.45, 7) is 0. The average Bonchev–Trinajstić information content (AvgIpc) is 2.68. The molecule has 0 saturated carbocycles. The number of rotatable bonds is 4. The van der Waals surface area contributed by atoms with Crippen LogP contribution in [0.15, 0.2) is 77.9 Å². The number of aromatic nitrogens is 1. The van der Waals surface area contributed by atoms with E-state index in [1.165, 1.54) is 19.4 Å². The number of methoxy groups -OCH3 is 1. The second kappa shape index (κ2) is 7.49. The largest absolute Gasteiger partial charge is 0.465 e. The van der Waals surface area contributed by atoms with Gasteiger partial charge in [-0.3, -0.25) is 0 Å². The molecule has 1 heterocycles. The van der Waals surface area contributed by atoms with Gasteiger partial charge in [-0.2, -0.15) is 0 Å². The molecule has 0 aliphatic heterocycles. The van der Waals surface area contributed by atoms with Crippen molar-refractivity contribution < 1.29 is 13.9 Å². The van der Waals surface area contributed by atoms with Crippen LogP contribution in [-0.2, 0) is 4.74 Å². The number of hydrogen-bond acceptors (Lipinski definition) is 4. The monoisotopic (exact) mass is 334 g/mol. The predicted octanol–water partition coefficient (Wildman–Crippen LogP) is 4.18. The molecule has 0 spiro atoms. The third-order valence-corrected chi connectivity index (χ3v) is 3.59. The van der Waals surface area contributed by atoms with Crippen LogP contribution >= 0.6 is 0 Å². The van der Waals surface area contributed by atoms with Crippen LogP contribution in [0.5, 0.6) is 0 Å². The molecule has 4 nitrogen and oxygen atoms in total. The Morgan fingerprint density at radius 2 is 1.52 bits per heavy atom. The van der Waals surface area contributed by atoms with Crippen LogP contribution in [0.2, 0.25) is 0 Å². The molecule has 0 amide bonds. The Hall–Kier alpha value is -3.34. The van der Waals surface area contributed by atoms with Crippen molar-refractivity contribution in [2.45, 2.75) is 0 Å². The summed E-state index contributed by atoms with van der Waals surface area (Å²) in [5.41, 5.74) is 2.00. The van der Waals surface area contributed by atoms with E-state index in [1.54, 1.807) is 0 Å². The van der Waals surface area contributed by atoms with E-state index in [9.17, 15) is 9.18 Å². The van der Waals surface area contributed by atoms with Crippen molar-refractivity contribution in [3.63, 3.8) is 0 Å². The van der Waals surface area contributed by atoms with Crippen LogP contribution in [0.25, 0.3) is 0 Å². The topological polar surface area (TPSA) is 51.5 Å². The second-order valence-corrected chi connectivity index (χ2v) is 5.18. The highest BCUT2D eigenvalue weighted by molar-refractivity contribution is 6.13. The molecule has 0 atom stereocenters. The smallest absolute Gasteiger partial charge is 0.341 e. The molecule has 5 heteroatoms. The van der Waals surface area contributed by atoms with Crippen molar-refractivity contribution in [1.29, 1.82) is 0 Å². The van der Waals surface area contributed by atoms with Gasteiger partial charge in [0.25, 0.3) is 0 Å². The van der Waals surface area contributed by atoms with Crippen molar-refractivity contribution in [3.05, 3.63) is 95.4 Å². The Bertz CT molecular complexity index is 868. The summed E-state index contributed by atoms with van der Waals surface area (Å²) in [7, 11) is 1.20. The van der Waals surface area contributed by atoms with Crippen molar-refractivity contribution in [2.75, 3.05) is 7.11 Å². The lowest BCUT2D eigenvalue weighted by molar-refractivity contribution is 0.0595. The lowest BCUT2D eigenvalue weighted by Gasteiger charge is -2.08. The predicted molar refractivity (Wildman–Crippen MR) is 93.7 cm³/mol. The third kappa shape index (κ3) is 3.61. The first-order valence-corrected chi connectivity index (χ1v) is 7.63. The highest BCUT2D eigenvalue weighted by Gasteiger charge is 2.17. The minimum absolute atomic E-state index is 0.161. The first kappa shape index (κ1) is 16.5. The average molecular weight is 334 g/mol. The van der Waals surface area contributed by atoms with E-state index in [1.807, 2.05) is 60.7 Å². The van der Waals surface area contributed by atoms with Gasteiger partial charge >= 0.3 is 5.97 Å². The van der Waals surface area contributed by atoms with Crippen molar-refractivity contribution >= 4 is 17.5 Å². The Morgan fingerprint density at radius 3 is 2.04 bits per heavy atom. The van der Waals surface area contributed by atoms with Gasteiger partial charge in [-0.1, -0.05) is 60.7 Å². The first-order chi connectivity index (χ1) is 12.2. The van der Waals surface area contributed by atoms with E-state index in [0.717, 1.165) is 11.1 Å². The number of aliphatic imine (C=N–C) groups is 1. The standard InChI is InChI=1S/C20H15FN2O2/c1-25-20(24)16-12-13-22-19(17(16)21)23-18(14-8-4-2-5-9-14)15-10-6-3-7-11-15/h2-13H,1H3. The van der Waals surface area contributed by atoms with Crippen molar-refractivity contribution in [1.82, 2.24) is 4.98 Å². The van der Waals surface area contributed by atoms with Gasteiger partial charge in [-0.05, 0) is 6.07 Å². The van der Waals surface area contributed by atoms with Crippen LogP contribution in [-0.4, -0.2) is 23.8 Å². The Morgan fingerprint density at radius 1 is 0.960 bits per heavy atom. The quantitative estimate of drug-likeness (QED) is 0.531. The lowest BCUT2D eigenvalue weighted by atomic mass is 10.0. The zero-order valence-corrected chi connectivity index (χ0v) is 13.5. The normalized spacial score (nSPS) is 10.2. The number of hydrogen-bond donors (Lipinski definition) is 0. The highest BCUT2D eigenvalue weighted by atomic mass is 19.1. The molecule has 0 bridgehead atoms. The van der Waals surface area contributed by atoms with Gasteiger partial charge in [0.2, 0.25) is 0 Å². The van der Waals surface area contributed by atoms with Crippen LogP contribution < -0.4 is 0 Å². The maximum Gasteiger partial charge on any atom is 0.341 e. The van der Waals surface area contributed by atoms with Gasteiger partial charge in [-0.15, -0.1) is 0 Å².